The average Bonchev–Trinajstić information content (AvgIpc) is 2.65. The van der Waals surface area contributed by atoms with Gasteiger partial charge in [0.1, 0.15) is 5.75 Å². The number of halogens is 2. The van der Waals surface area contributed by atoms with Crippen molar-refractivity contribution in [2.24, 2.45) is 12.1 Å². The highest BCUT2D eigenvalue weighted by Gasteiger charge is 2.14. The number of hydrogen-bond acceptors (Lipinski definition) is 5. The molecule has 0 spiro atoms. The first-order valence-corrected chi connectivity index (χ1v) is 7.80. The van der Waals surface area contributed by atoms with Crippen LogP contribution in [0.25, 0.3) is 10.8 Å². The molecule has 7 nitrogen and oxygen atoms in total. The highest BCUT2D eigenvalue weighted by Crippen LogP contribution is 2.14. The van der Waals surface area contributed by atoms with Gasteiger partial charge in [0.15, 0.2) is 5.69 Å². The molecule has 3 aromatic rings. The number of ether oxygens (including phenoxy) is 1. The summed E-state index contributed by atoms with van der Waals surface area (Å²) in [7, 11) is 1.46. The van der Waals surface area contributed by atoms with E-state index in [1.165, 1.54) is 37.5 Å². The van der Waals surface area contributed by atoms with Crippen LogP contribution in [0.15, 0.2) is 58.4 Å². The van der Waals surface area contributed by atoms with Crippen LogP contribution < -0.4 is 15.7 Å². The number of benzene rings is 2. The highest BCUT2D eigenvalue weighted by atomic mass is 19.3. The van der Waals surface area contributed by atoms with E-state index in [-0.39, 0.29) is 17.0 Å². The zero-order valence-electron chi connectivity index (χ0n) is 14.1. The average molecular weight is 372 g/mol. The Labute approximate surface area is 151 Å². The first kappa shape index (κ1) is 18.2. The maximum absolute atomic E-state index is 12.4. The standard InChI is InChI=1S/C18H14F2N4O3/c1-24-17(26)14-5-3-2-4-13(14)15(23-24)16(25)22-21-10-11-6-8-12(9-7-11)27-18(19)20/h2-10,18H,1H3,(H,22,25)/b21-10+. The van der Waals surface area contributed by atoms with E-state index in [2.05, 4.69) is 20.4 Å². The van der Waals surface area contributed by atoms with Crippen molar-refractivity contribution in [2.45, 2.75) is 6.61 Å². The van der Waals surface area contributed by atoms with E-state index in [4.69, 9.17) is 0 Å². The van der Waals surface area contributed by atoms with E-state index in [1.54, 1.807) is 24.3 Å². The Morgan fingerprint density at radius 3 is 2.52 bits per heavy atom. The van der Waals surface area contributed by atoms with Crippen LogP contribution in [-0.4, -0.2) is 28.5 Å². The van der Waals surface area contributed by atoms with Gasteiger partial charge in [0.2, 0.25) is 0 Å². The van der Waals surface area contributed by atoms with Gasteiger partial charge in [-0.15, -0.1) is 0 Å². The summed E-state index contributed by atoms with van der Waals surface area (Å²) in [4.78, 5) is 24.5. The zero-order chi connectivity index (χ0) is 19.4. The van der Waals surface area contributed by atoms with Gasteiger partial charge in [0.05, 0.1) is 11.6 Å². The number of nitrogens with one attached hydrogen (secondary N) is 1. The quantitative estimate of drug-likeness (QED) is 0.550. The van der Waals surface area contributed by atoms with Crippen molar-refractivity contribution in [1.82, 2.24) is 15.2 Å². The van der Waals surface area contributed by atoms with Gasteiger partial charge < -0.3 is 4.74 Å². The summed E-state index contributed by atoms with van der Waals surface area (Å²) in [5, 5.41) is 8.61. The third-order valence-corrected chi connectivity index (χ3v) is 3.66. The molecule has 1 heterocycles. The van der Waals surface area contributed by atoms with E-state index in [1.807, 2.05) is 0 Å². The number of alkyl halides is 2. The lowest BCUT2D eigenvalue weighted by molar-refractivity contribution is -0.0498. The molecular formula is C18H14F2N4O3. The molecule has 0 unspecified atom stereocenters. The number of hydrazone groups is 1. The van der Waals surface area contributed by atoms with Crippen molar-refractivity contribution in [3.8, 4) is 5.75 Å². The summed E-state index contributed by atoms with van der Waals surface area (Å²) < 4.78 is 29.6. The van der Waals surface area contributed by atoms with Crippen LogP contribution in [0.1, 0.15) is 16.1 Å². The van der Waals surface area contributed by atoms with Crippen LogP contribution in [0.4, 0.5) is 8.78 Å². The summed E-state index contributed by atoms with van der Waals surface area (Å²) >= 11 is 0. The number of carbonyl (C=O) groups excluding carboxylic acids is 1. The highest BCUT2D eigenvalue weighted by molar-refractivity contribution is 6.04. The molecule has 3 rings (SSSR count). The predicted molar refractivity (Wildman–Crippen MR) is 95.1 cm³/mol. The van der Waals surface area contributed by atoms with Crippen LogP contribution in [0.3, 0.4) is 0 Å². The Morgan fingerprint density at radius 1 is 1.19 bits per heavy atom. The molecule has 9 heteroatoms. The minimum absolute atomic E-state index is 0.0204. The molecule has 0 fully saturated rings. The van der Waals surface area contributed by atoms with Gasteiger partial charge in [-0.25, -0.2) is 10.1 Å². The summed E-state index contributed by atoms with van der Waals surface area (Å²) in [6, 6.07) is 12.4. The van der Waals surface area contributed by atoms with E-state index in [9.17, 15) is 18.4 Å². The fourth-order valence-electron chi connectivity index (χ4n) is 2.42. The number of aromatic nitrogens is 2. The number of hydrogen-bond donors (Lipinski definition) is 1. The molecule has 0 aliphatic carbocycles. The van der Waals surface area contributed by atoms with E-state index < -0.39 is 12.5 Å². The maximum Gasteiger partial charge on any atom is 0.387 e. The Kier molecular flexibility index (Phi) is 5.20. The largest absolute Gasteiger partial charge is 0.435 e. The second-order valence-corrected chi connectivity index (χ2v) is 5.47. The van der Waals surface area contributed by atoms with Crippen LogP contribution in [0, 0.1) is 0 Å². The second-order valence-electron chi connectivity index (χ2n) is 5.47. The third-order valence-electron chi connectivity index (χ3n) is 3.66. The lowest BCUT2D eigenvalue weighted by atomic mass is 10.1. The minimum atomic E-state index is -2.90. The predicted octanol–water partition coefficient (Wildman–Crippen LogP) is 2.30. The van der Waals surface area contributed by atoms with Gasteiger partial charge in [-0.3, -0.25) is 9.59 Å². The van der Waals surface area contributed by atoms with Crippen molar-refractivity contribution in [3.63, 3.8) is 0 Å². The molecule has 0 bridgehead atoms. The monoisotopic (exact) mass is 372 g/mol. The number of aryl methyl sites for hydroxylation is 1. The molecule has 138 valence electrons. The fourth-order valence-corrected chi connectivity index (χ4v) is 2.42. The molecule has 27 heavy (non-hydrogen) atoms. The third kappa shape index (κ3) is 4.14. The lowest BCUT2D eigenvalue weighted by Crippen LogP contribution is -2.27. The Morgan fingerprint density at radius 2 is 1.85 bits per heavy atom. The van der Waals surface area contributed by atoms with Crippen molar-refractivity contribution in [1.29, 1.82) is 0 Å². The molecule has 0 aliphatic rings. The van der Waals surface area contributed by atoms with Gasteiger partial charge in [-0.1, -0.05) is 18.2 Å². The normalized spacial score (nSPS) is 11.3. The number of rotatable bonds is 5. The van der Waals surface area contributed by atoms with Crippen molar-refractivity contribution >= 4 is 22.9 Å². The minimum Gasteiger partial charge on any atom is -0.435 e. The molecule has 0 saturated carbocycles. The smallest absolute Gasteiger partial charge is 0.387 e. The first-order chi connectivity index (χ1) is 13.0. The van der Waals surface area contributed by atoms with Gasteiger partial charge >= 0.3 is 6.61 Å². The topological polar surface area (TPSA) is 85.6 Å². The van der Waals surface area contributed by atoms with Crippen LogP contribution in [0.5, 0.6) is 5.75 Å². The molecule has 0 saturated heterocycles. The van der Waals surface area contributed by atoms with Gasteiger partial charge in [0, 0.05) is 12.4 Å². The summed E-state index contributed by atoms with van der Waals surface area (Å²) in [6.45, 7) is -2.90. The van der Waals surface area contributed by atoms with E-state index in [0.29, 0.717) is 16.3 Å². The van der Waals surface area contributed by atoms with Gasteiger partial charge in [-0.05, 0) is 35.9 Å². The molecule has 1 aromatic heterocycles. The van der Waals surface area contributed by atoms with Gasteiger partial charge in [0.25, 0.3) is 11.5 Å². The fraction of sp³-hybridized carbons (Fsp3) is 0.111. The van der Waals surface area contributed by atoms with Crippen LogP contribution in [-0.2, 0) is 7.05 Å². The van der Waals surface area contributed by atoms with Crippen molar-refractivity contribution in [3.05, 3.63) is 70.1 Å². The number of fused-ring (bicyclic) bond motifs is 1. The second kappa shape index (κ2) is 7.73. The molecule has 0 radical (unpaired) electrons. The molecule has 2 aromatic carbocycles. The number of amides is 1. The first-order valence-electron chi connectivity index (χ1n) is 7.80. The molecule has 1 amide bonds. The van der Waals surface area contributed by atoms with E-state index in [0.717, 1.165) is 4.68 Å². The summed E-state index contributed by atoms with van der Waals surface area (Å²) in [5.74, 6) is -0.567. The maximum atomic E-state index is 12.4. The number of nitrogens with zero attached hydrogens (tertiary/aromatic N) is 3. The lowest BCUT2D eigenvalue weighted by Gasteiger charge is -2.06. The van der Waals surface area contributed by atoms with Crippen LogP contribution in [0.2, 0.25) is 0 Å². The number of carbonyl (C=O) groups is 1. The molecular weight excluding hydrogens is 358 g/mol. The Bertz CT molecular complexity index is 1060. The molecule has 0 aliphatic heterocycles. The summed E-state index contributed by atoms with van der Waals surface area (Å²) in [5.41, 5.74) is 2.65. The Balaban J connectivity index is 1.76. The van der Waals surface area contributed by atoms with Crippen molar-refractivity contribution < 1.29 is 18.3 Å². The molecule has 0 atom stereocenters. The summed E-state index contributed by atoms with van der Waals surface area (Å²) in [6.07, 6.45) is 1.34. The van der Waals surface area contributed by atoms with Crippen LogP contribution >= 0.6 is 0 Å². The Hall–Kier alpha value is -3.62. The van der Waals surface area contributed by atoms with E-state index >= 15 is 0 Å². The zero-order valence-corrected chi connectivity index (χ0v) is 14.1. The SMILES string of the molecule is Cn1nc(C(=O)N/N=C/c2ccc(OC(F)F)cc2)c2ccccc2c1=O. The molecule has 1 N–H and O–H groups in total. The van der Waals surface area contributed by atoms with Crippen molar-refractivity contribution in [2.75, 3.05) is 0 Å². The van der Waals surface area contributed by atoms with Gasteiger partial charge in [-0.2, -0.15) is 19.0 Å².